The summed E-state index contributed by atoms with van der Waals surface area (Å²) in [7, 11) is 1.28. The van der Waals surface area contributed by atoms with Crippen molar-refractivity contribution in [2.45, 2.75) is 17.9 Å². The lowest BCUT2D eigenvalue weighted by molar-refractivity contribution is 0.201. The fourth-order valence-corrected chi connectivity index (χ4v) is 2.81. The van der Waals surface area contributed by atoms with Crippen LogP contribution in [-0.2, 0) is 10.0 Å². The van der Waals surface area contributed by atoms with Crippen LogP contribution >= 0.6 is 0 Å². The number of rotatable bonds is 5. The van der Waals surface area contributed by atoms with E-state index in [-0.39, 0.29) is 4.90 Å². The van der Waals surface area contributed by atoms with Crippen LogP contribution in [-0.4, -0.2) is 51.6 Å². The summed E-state index contributed by atoms with van der Waals surface area (Å²) in [6.45, 7) is 2.04. The van der Waals surface area contributed by atoms with Gasteiger partial charge in [0.25, 0.3) is 0 Å². The second-order valence-electron chi connectivity index (χ2n) is 4.48. The summed E-state index contributed by atoms with van der Waals surface area (Å²) in [5.41, 5.74) is 0.590. The van der Waals surface area contributed by atoms with E-state index in [0.717, 1.165) is 0 Å². The van der Waals surface area contributed by atoms with Gasteiger partial charge in [-0.3, -0.25) is 0 Å². The summed E-state index contributed by atoms with van der Waals surface area (Å²) < 4.78 is 25.5. The van der Waals surface area contributed by atoms with Gasteiger partial charge in [0.15, 0.2) is 0 Å². The summed E-state index contributed by atoms with van der Waals surface area (Å²) in [6.07, 6.45) is -0.523. The standard InChI is InChI=1S/C12H20N2O3S/c1-10(15)9-14(4)11-7-5-6-8-12(11)18(16,17)13(2)3/h5-8,10,15H,9H2,1-4H3. The maximum absolute atomic E-state index is 12.2. The average Bonchev–Trinajstić information content (AvgIpc) is 2.27. The summed E-state index contributed by atoms with van der Waals surface area (Å²) in [5.74, 6) is 0. The average molecular weight is 272 g/mol. The fourth-order valence-electron chi connectivity index (χ4n) is 1.68. The Labute approximate surface area is 109 Å². The molecule has 6 heteroatoms. The minimum atomic E-state index is -3.48. The second-order valence-corrected chi connectivity index (χ2v) is 6.60. The predicted molar refractivity (Wildman–Crippen MR) is 72.3 cm³/mol. The van der Waals surface area contributed by atoms with E-state index in [1.165, 1.54) is 18.4 Å². The Kier molecular flexibility index (Phi) is 4.72. The first-order valence-electron chi connectivity index (χ1n) is 5.67. The molecule has 1 rings (SSSR count). The summed E-state index contributed by atoms with van der Waals surface area (Å²) in [6, 6.07) is 6.78. The minimum absolute atomic E-state index is 0.248. The molecular formula is C12H20N2O3S. The molecule has 1 unspecified atom stereocenters. The maximum atomic E-state index is 12.2. The van der Waals surface area contributed by atoms with Crippen LogP contribution < -0.4 is 4.90 Å². The Morgan fingerprint density at radius 3 is 2.28 bits per heavy atom. The van der Waals surface area contributed by atoms with Crippen molar-refractivity contribution >= 4 is 15.7 Å². The first kappa shape index (κ1) is 14.9. The molecule has 0 amide bonds. The molecule has 0 aliphatic heterocycles. The number of hydrogen-bond acceptors (Lipinski definition) is 4. The van der Waals surface area contributed by atoms with Crippen LogP contribution in [0, 0.1) is 0 Å². The number of para-hydroxylation sites is 1. The van der Waals surface area contributed by atoms with Gasteiger partial charge in [-0.2, -0.15) is 0 Å². The van der Waals surface area contributed by atoms with E-state index in [0.29, 0.717) is 12.2 Å². The SMILES string of the molecule is CC(O)CN(C)c1ccccc1S(=O)(=O)N(C)C. The molecule has 102 valence electrons. The van der Waals surface area contributed by atoms with Gasteiger partial charge < -0.3 is 10.0 Å². The largest absolute Gasteiger partial charge is 0.392 e. The third-order valence-corrected chi connectivity index (χ3v) is 4.44. The lowest BCUT2D eigenvalue weighted by atomic mass is 10.2. The molecule has 5 nitrogen and oxygen atoms in total. The monoisotopic (exact) mass is 272 g/mol. The van der Waals surface area contributed by atoms with Crippen molar-refractivity contribution in [1.82, 2.24) is 4.31 Å². The van der Waals surface area contributed by atoms with Crippen LogP contribution in [0.15, 0.2) is 29.2 Å². The number of benzene rings is 1. The van der Waals surface area contributed by atoms with Crippen LogP contribution in [0.5, 0.6) is 0 Å². The Morgan fingerprint density at radius 2 is 1.78 bits per heavy atom. The quantitative estimate of drug-likeness (QED) is 0.859. The number of sulfonamides is 1. The summed E-state index contributed by atoms with van der Waals surface area (Å²) >= 11 is 0. The Morgan fingerprint density at radius 1 is 1.22 bits per heavy atom. The highest BCUT2D eigenvalue weighted by atomic mass is 32.2. The molecule has 1 aromatic rings. The second kappa shape index (κ2) is 5.69. The molecule has 1 N–H and O–H groups in total. The van der Waals surface area contributed by atoms with Crippen molar-refractivity contribution in [2.75, 3.05) is 32.6 Å². The van der Waals surface area contributed by atoms with Crippen molar-refractivity contribution in [2.24, 2.45) is 0 Å². The first-order valence-corrected chi connectivity index (χ1v) is 7.11. The zero-order valence-electron chi connectivity index (χ0n) is 11.2. The third-order valence-electron chi connectivity index (χ3n) is 2.57. The lowest BCUT2D eigenvalue weighted by Gasteiger charge is -2.24. The van der Waals surface area contributed by atoms with Gasteiger partial charge in [0.2, 0.25) is 10.0 Å². The molecule has 0 aliphatic carbocycles. The zero-order chi connectivity index (χ0) is 13.9. The number of nitrogens with zero attached hydrogens (tertiary/aromatic N) is 2. The van der Waals surface area contributed by atoms with E-state index in [4.69, 9.17) is 0 Å². The Hall–Kier alpha value is -1.11. The van der Waals surface area contributed by atoms with E-state index in [1.54, 1.807) is 43.1 Å². The number of aliphatic hydroxyl groups is 1. The van der Waals surface area contributed by atoms with E-state index in [2.05, 4.69) is 0 Å². The van der Waals surface area contributed by atoms with Crippen LogP contribution in [0.4, 0.5) is 5.69 Å². The van der Waals surface area contributed by atoms with Gasteiger partial charge in [-0.25, -0.2) is 12.7 Å². The molecule has 0 spiro atoms. The highest BCUT2D eigenvalue weighted by Crippen LogP contribution is 2.25. The molecule has 1 atom stereocenters. The van der Waals surface area contributed by atoms with Crippen molar-refractivity contribution in [3.05, 3.63) is 24.3 Å². The van der Waals surface area contributed by atoms with E-state index in [9.17, 15) is 13.5 Å². The molecule has 1 aromatic carbocycles. The van der Waals surface area contributed by atoms with Gasteiger partial charge in [-0.1, -0.05) is 12.1 Å². The zero-order valence-corrected chi connectivity index (χ0v) is 12.0. The van der Waals surface area contributed by atoms with Gasteiger partial charge in [-0.15, -0.1) is 0 Å². The van der Waals surface area contributed by atoms with Crippen molar-refractivity contribution in [3.8, 4) is 0 Å². The highest BCUT2D eigenvalue weighted by Gasteiger charge is 2.22. The predicted octanol–water partition coefficient (Wildman–Crippen LogP) is 0.754. The van der Waals surface area contributed by atoms with Crippen molar-refractivity contribution < 1.29 is 13.5 Å². The van der Waals surface area contributed by atoms with E-state index >= 15 is 0 Å². The highest BCUT2D eigenvalue weighted by molar-refractivity contribution is 7.89. The number of anilines is 1. The lowest BCUT2D eigenvalue weighted by Crippen LogP contribution is -2.30. The molecule has 0 bridgehead atoms. The molecule has 0 radical (unpaired) electrons. The van der Waals surface area contributed by atoms with Gasteiger partial charge in [0, 0.05) is 27.7 Å². The topological polar surface area (TPSA) is 60.9 Å². The first-order chi connectivity index (χ1) is 8.26. The maximum Gasteiger partial charge on any atom is 0.244 e. The van der Waals surface area contributed by atoms with Gasteiger partial charge in [0.1, 0.15) is 4.90 Å². The van der Waals surface area contributed by atoms with Gasteiger partial charge in [0.05, 0.1) is 11.8 Å². The molecule has 0 aliphatic rings. The van der Waals surface area contributed by atoms with E-state index < -0.39 is 16.1 Å². The van der Waals surface area contributed by atoms with Gasteiger partial charge >= 0.3 is 0 Å². The van der Waals surface area contributed by atoms with Crippen LogP contribution in [0.25, 0.3) is 0 Å². The summed E-state index contributed by atoms with van der Waals surface area (Å²) in [5, 5.41) is 9.39. The third kappa shape index (κ3) is 3.22. The van der Waals surface area contributed by atoms with Gasteiger partial charge in [-0.05, 0) is 19.1 Å². The van der Waals surface area contributed by atoms with E-state index in [1.807, 2.05) is 0 Å². The molecule has 0 aromatic heterocycles. The Balaban J connectivity index is 3.23. The fraction of sp³-hybridized carbons (Fsp3) is 0.500. The Bertz CT molecular complexity index is 498. The number of aliphatic hydroxyl groups excluding tert-OH is 1. The minimum Gasteiger partial charge on any atom is -0.392 e. The molecule has 0 fully saturated rings. The molecule has 0 heterocycles. The molecular weight excluding hydrogens is 252 g/mol. The normalized spacial score (nSPS) is 13.7. The molecule has 0 saturated carbocycles. The van der Waals surface area contributed by atoms with Crippen LogP contribution in [0.1, 0.15) is 6.92 Å². The van der Waals surface area contributed by atoms with Crippen LogP contribution in [0.3, 0.4) is 0 Å². The molecule has 0 saturated heterocycles. The smallest absolute Gasteiger partial charge is 0.244 e. The van der Waals surface area contributed by atoms with Crippen molar-refractivity contribution in [3.63, 3.8) is 0 Å². The number of hydrogen-bond donors (Lipinski definition) is 1. The van der Waals surface area contributed by atoms with Crippen LogP contribution in [0.2, 0.25) is 0 Å². The summed E-state index contributed by atoms with van der Waals surface area (Å²) in [4.78, 5) is 1.99. The number of likely N-dealkylation sites (N-methyl/N-ethyl adjacent to an activating group) is 1. The van der Waals surface area contributed by atoms with Crippen molar-refractivity contribution in [1.29, 1.82) is 0 Å². The molecule has 18 heavy (non-hydrogen) atoms.